The number of nitrogens with one attached hydrogen (secondary N) is 1. The van der Waals surface area contributed by atoms with E-state index in [0.717, 1.165) is 0 Å². The number of carbonyl (C=O) groups excluding carboxylic acids is 1. The summed E-state index contributed by atoms with van der Waals surface area (Å²) in [5, 5.41) is 18.7. The molecule has 1 amide bonds. The van der Waals surface area contributed by atoms with Crippen LogP contribution in [-0.4, -0.2) is 38.6 Å². The summed E-state index contributed by atoms with van der Waals surface area (Å²) in [5.41, 5.74) is 1.07. The van der Waals surface area contributed by atoms with Gasteiger partial charge in [0.05, 0.1) is 4.90 Å². The Hall–Kier alpha value is -2.84. The predicted octanol–water partition coefficient (Wildman–Crippen LogP) is 1.68. The first-order chi connectivity index (χ1) is 11.7. The van der Waals surface area contributed by atoms with Gasteiger partial charge in [0.15, 0.2) is 11.5 Å². The van der Waals surface area contributed by atoms with Gasteiger partial charge >= 0.3 is 0 Å². The largest absolute Gasteiger partial charge is 0.504 e. The summed E-state index contributed by atoms with van der Waals surface area (Å²) in [6, 6.07) is 10.1. The predicted molar refractivity (Wildman–Crippen MR) is 94.9 cm³/mol. The molecule has 2 aromatic carbocycles. The molecule has 0 aliphatic heterocycles. The highest BCUT2D eigenvalue weighted by Gasteiger charge is 2.13. The van der Waals surface area contributed by atoms with Crippen LogP contribution in [0.4, 0.5) is 5.69 Å². The molecule has 0 saturated heterocycles. The van der Waals surface area contributed by atoms with Gasteiger partial charge in [0.1, 0.15) is 0 Å². The van der Waals surface area contributed by atoms with Crippen molar-refractivity contribution in [1.29, 1.82) is 0 Å². The maximum absolute atomic E-state index is 12.2. The second-order valence-electron chi connectivity index (χ2n) is 5.18. The molecule has 7 nitrogen and oxygen atoms in total. The average molecular weight is 362 g/mol. The Kier molecular flexibility index (Phi) is 5.45. The number of hydrogen-bond donors (Lipinski definition) is 3. The summed E-state index contributed by atoms with van der Waals surface area (Å²) in [6.45, 7) is 0. The molecule has 0 spiro atoms. The third-order valence-electron chi connectivity index (χ3n) is 3.55. The van der Waals surface area contributed by atoms with E-state index in [1.165, 1.54) is 60.5 Å². The van der Waals surface area contributed by atoms with E-state index in [1.807, 2.05) is 0 Å². The Labute approximate surface area is 145 Å². The van der Waals surface area contributed by atoms with Gasteiger partial charge < -0.3 is 15.1 Å². The van der Waals surface area contributed by atoms with E-state index in [2.05, 4.69) is 4.72 Å². The fourth-order valence-electron chi connectivity index (χ4n) is 2.02. The van der Waals surface area contributed by atoms with Crippen molar-refractivity contribution in [3.8, 4) is 11.5 Å². The average Bonchev–Trinajstić information content (AvgIpc) is 2.62. The van der Waals surface area contributed by atoms with E-state index in [-0.39, 0.29) is 22.3 Å². The Morgan fingerprint density at radius 3 is 2.28 bits per heavy atom. The molecule has 132 valence electrons. The second kappa shape index (κ2) is 7.37. The molecule has 0 heterocycles. The van der Waals surface area contributed by atoms with Gasteiger partial charge in [-0.2, -0.15) is 0 Å². The number of rotatable bonds is 5. The molecule has 0 saturated carbocycles. The molecule has 8 heteroatoms. The van der Waals surface area contributed by atoms with Gasteiger partial charge in [0.25, 0.3) is 5.91 Å². The minimum Gasteiger partial charge on any atom is -0.504 e. The molecular formula is C17H18N2O5S. The third kappa shape index (κ3) is 4.37. The van der Waals surface area contributed by atoms with Crippen molar-refractivity contribution in [2.24, 2.45) is 0 Å². The molecule has 0 aliphatic rings. The summed E-state index contributed by atoms with van der Waals surface area (Å²) in [4.78, 5) is 13.7. The van der Waals surface area contributed by atoms with Crippen LogP contribution in [-0.2, 0) is 14.8 Å². The smallest absolute Gasteiger partial charge is 0.250 e. The number of likely N-dealkylation sites (N-methyl/N-ethyl adjacent to an activating group) is 1. The molecule has 0 bridgehead atoms. The highest BCUT2D eigenvalue weighted by molar-refractivity contribution is 7.89. The summed E-state index contributed by atoms with van der Waals surface area (Å²) in [7, 11) is -0.644. The maximum atomic E-state index is 12.2. The highest BCUT2D eigenvalue weighted by atomic mass is 32.2. The number of phenols is 2. The fraction of sp³-hybridized carbons (Fsp3) is 0.118. The SMILES string of the molecule is CNS(=O)(=O)c1ccc(N(C)C(=O)/C=C/c2ccc(O)c(O)c2)cc1. The van der Waals surface area contributed by atoms with E-state index < -0.39 is 10.0 Å². The topological polar surface area (TPSA) is 107 Å². The minimum atomic E-state index is -3.53. The number of sulfonamides is 1. The summed E-state index contributed by atoms with van der Waals surface area (Å²) < 4.78 is 25.6. The Morgan fingerprint density at radius 2 is 1.72 bits per heavy atom. The lowest BCUT2D eigenvalue weighted by atomic mass is 10.2. The van der Waals surface area contributed by atoms with Crippen LogP contribution in [0, 0.1) is 0 Å². The van der Waals surface area contributed by atoms with Crippen molar-refractivity contribution in [3.63, 3.8) is 0 Å². The summed E-state index contributed by atoms with van der Waals surface area (Å²) >= 11 is 0. The molecule has 0 radical (unpaired) electrons. The van der Waals surface area contributed by atoms with Crippen molar-refractivity contribution in [2.45, 2.75) is 4.90 Å². The van der Waals surface area contributed by atoms with E-state index in [1.54, 1.807) is 13.1 Å². The summed E-state index contributed by atoms with van der Waals surface area (Å²) in [5.74, 6) is -0.849. The Balaban J connectivity index is 2.14. The number of nitrogens with zero attached hydrogens (tertiary/aromatic N) is 1. The van der Waals surface area contributed by atoms with Crippen LogP contribution < -0.4 is 9.62 Å². The van der Waals surface area contributed by atoms with Crippen molar-refractivity contribution in [2.75, 3.05) is 19.0 Å². The van der Waals surface area contributed by atoms with Gasteiger partial charge in [0.2, 0.25) is 10.0 Å². The number of anilines is 1. The van der Waals surface area contributed by atoms with E-state index in [0.29, 0.717) is 11.3 Å². The molecule has 0 fully saturated rings. The molecule has 0 aliphatic carbocycles. The van der Waals surface area contributed by atoms with Gasteiger partial charge in [-0.15, -0.1) is 0 Å². The first-order valence-electron chi connectivity index (χ1n) is 7.26. The molecule has 0 atom stereocenters. The minimum absolute atomic E-state index is 0.106. The lowest BCUT2D eigenvalue weighted by Gasteiger charge is -2.15. The number of amides is 1. The van der Waals surface area contributed by atoms with Gasteiger partial charge in [0, 0.05) is 18.8 Å². The van der Waals surface area contributed by atoms with Gasteiger partial charge in [-0.1, -0.05) is 6.07 Å². The monoisotopic (exact) mass is 362 g/mol. The molecule has 3 N–H and O–H groups in total. The third-order valence-corrected chi connectivity index (χ3v) is 4.98. The van der Waals surface area contributed by atoms with E-state index in [9.17, 15) is 23.4 Å². The number of hydrogen-bond acceptors (Lipinski definition) is 5. The molecule has 0 aromatic heterocycles. The van der Waals surface area contributed by atoms with Crippen LogP contribution in [0.1, 0.15) is 5.56 Å². The zero-order valence-corrected chi connectivity index (χ0v) is 14.5. The number of benzene rings is 2. The van der Waals surface area contributed by atoms with E-state index in [4.69, 9.17) is 0 Å². The summed E-state index contributed by atoms with van der Waals surface area (Å²) in [6.07, 6.45) is 2.81. The molecule has 0 unspecified atom stereocenters. The molecule has 25 heavy (non-hydrogen) atoms. The van der Waals surface area contributed by atoms with Crippen LogP contribution in [0.5, 0.6) is 11.5 Å². The van der Waals surface area contributed by atoms with Crippen LogP contribution in [0.25, 0.3) is 6.08 Å². The van der Waals surface area contributed by atoms with Gasteiger partial charge in [-0.05, 0) is 55.1 Å². The van der Waals surface area contributed by atoms with Gasteiger partial charge in [-0.3, -0.25) is 4.79 Å². The van der Waals surface area contributed by atoms with Crippen LogP contribution >= 0.6 is 0 Å². The lowest BCUT2D eigenvalue weighted by molar-refractivity contribution is -0.113. The van der Waals surface area contributed by atoms with Crippen LogP contribution in [0.2, 0.25) is 0 Å². The van der Waals surface area contributed by atoms with Crippen molar-refractivity contribution in [1.82, 2.24) is 4.72 Å². The van der Waals surface area contributed by atoms with Gasteiger partial charge in [-0.25, -0.2) is 13.1 Å². The molecule has 2 aromatic rings. The number of carbonyl (C=O) groups is 1. The van der Waals surface area contributed by atoms with Crippen molar-refractivity contribution < 1.29 is 23.4 Å². The Bertz CT molecular complexity index is 905. The normalized spacial score (nSPS) is 11.6. The van der Waals surface area contributed by atoms with Crippen LogP contribution in [0.15, 0.2) is 53.4 Å². The maximum Gasteiger partial charge on any atom is 0.250 e. The van der Waals surface area contributed by atoms with Crippen molar-refractivity contribution in [3.05, 3.63) is 54.1 Å². The highest BCUT2D eigenvalue weighted by Crippen LogP contribution is 2.25. The molecular weight excluding hydrogens is 344 g/mol. The quantitative estimate of drug-likeness (QED) is 0.554. The lowest BCUT2D eigenvalue weighted by Crippen LogP contribution is -2.24. The Morgan fingerprint density at radius 1 is 1.08 bits per heavy atom. The number of phenolic OH excluding ortho intramolecular Hbond substituents is 2. The molecule has 2 rings (SSSR count). The standard InChI is InChI=1S/C17H18N2O5S/c1-18-25(23,24)14-7-5-13(6-8-14)19(2)17(22)10-4-12-3-9-15(20)16(21)11-12/h3-11,18,20-21H,1-2H3/b10-4+. The van der Waals surface area contributed by atoms with Crippen LogP contribution in [0.3, 0.4) is 0 Å². The van der Waals surface area contributed by atoms with E-state index >= 15 is 0 Å². The zero-order valence-electron chi connectivity index (χ0n) is 13.7. The first-order valence-corrected chi connectivity index (χ1v) is 8.74. The van der Waals surface area contributed by atoms with Crippen molar-refractivity contribution >= 4 is 27.7 Å². The number of aromatic hydroxyl groups is 2. The fourth-order valence-corrected chi connectivity index (χ4v) is 2.75. The second-order valence-corrected chi connectivity index (χ2v) is 7.07. The first kappa shape index (κ1) is 18.5. The zero-order chi connectivity index (χ0) is 18.6.